The van der Waals surface area contributed by atoms with Crippen molar-refractivity contribution in [2.75, 3.05) is 13.7 Å². The Morgan fingerprint density at radius 2 is 1.78 bits per heavy atom. The Labute approximate surface area is 210 Å². The van der Waals surface area contributed by atoms with E-state index in [9.17, 15) is 27.9 Å². The fraction of sp³-hybridized carbons (Fsp3) is 0.231. The summed E-state index contributed by atoms with van der Waals surface area (Å²) in [4.78, 5) is 34.0. The van der Waals surface area contributed by atoms with Crippen molar-refractivity contribution in [2.24, 2.45) is 0 Å². The van der Waals surface area contributed by atoms with Crippen LogP contribution in [0, 0.1) is 0 Å². The summed E-state index contributed by atoms with van der Waals surface area (Å²) >= 11 is 0. The number of hydrogen-bond donors (Lipinski definition) is 3. The molecule has 2 heterocycles. The van der Waals surface area contributed by atoms with Crippen LogP contribution in [0.5, 0.6) is 0 Å². The lowest BCUT2D eigenvalue weighted by Gasteiger charge is -2.16. The number of aliphatic hydroxyl groups is 1. The molecule has 2 aromatic carbocycles. The number of rotatable bonds is 7. The number of esters is 1. The Hall–Kier alpha value is -4.25. The molecule has 0 saturated carbocycles. The third-order valence-electron chi connectivity index (χ3n) is 5.29. The number of methoxy groups -OCH3 is 1. The van der Waals surface area contributed by atoms with Gasteiger partial charge in [0.2, 0.25) is 0 Å². The van der Waals surface area contributed by atoms with Gasteiger partial charge < -0.3 is 20.1 Å². The van der Waals surface area contributed by atoms with Gasteiger partial charge in [-0.1, -0.05) is 30.3 Å². The summed E-state index contributed by atoms with van der Waals surface area (Å²) < 4.78 is 36.3. The van der Waals surface area contributed by atoms with Crippen LogP contribution in [0.3, 0.4) is 0 Å². The molecule has 0 aliphatic rings. The van der Waals surface area contributed by atoms with Crippen LogP contribution in [0.15, 0.2) is 73.1 Å². The average Bonchev–Trinajstić information content (AvgIpc) is 3.35. The molecule has 2 aromatic heterocycles. The molecule has 1 atom stereocenters. The SMILES string of the molecule is COC(=O)C(F)(F)F.O=C(N[C@H](CO)CCc1ccccc1)c1ccc2nc(-c3ccncc3)[nH]c2c1. The first kappa shape index (κ1) is 27.3. The van der Waals surface area contributed by atoms with Crippen LogP contribution in [0.2, 0.25) is 0 Å². The summed E-state index contributed by atoms with van der Waals surface area (Å²) in [6.45, 7) is -0.100. The summed E-state index contributed by atoms with van der Waals surface area (Å²) in [7, 11) is 0.676. The number of amides is 1. The van der Waals surface area contributed by atoms with Gasteiger partial charge in [-0.25, -0.2) is 9.78 Å². The fourth-order valence-electron chi connectivity index (χ4n) is 3.38. The van der Waals surface area contributed by atoms with Crippen molar-refractivity contribution in [1.29, 1.82) is 0 Å². The monoisotopic (exact) mass is 514 g/mol. The van der Waals surface area contributed by atoms with E-state index in [1.54, 1.807) is 24.5 Å². The summed E-state index contributed by atoms with van der Waals surface area (Å²) in [5.41, 5.74) is 4.22. The van der Waals surface area contributed by atoms with E-state index in [2.05, 4.69) is 25.0 Å². The topological polar surface area (TPSA) is 117 Å². The number of hydrogen-bond acceptors (Lipinski definition) is 6. The van der Waals surface area contributed by atoms with E-state index < -0.39 is 12.1 Å². The van der Waals surface area contributed by atoms with Gasteiger partial charge in [0.1, 0.15) is 5.82 Å². The highest BCUT2D eigenvalue weighted by atomic mass is 19.4. The highest BCUT2D eigenvalue weighted by Crippen LogP contribution is 2.21. The van der Waals surface area contributed by atoms with Crippen molar-refractivity contribution < 1.29 is 32.6 Å². The summed E-state index contributed by atoms with van der Waals surface area (Å²) in [5.74, 6) is -1.65. The third kappa shape index (κ3) is 7.87. The van der Waals surface area contributed by atoms with E-state index in [-0.39, 0.29) is 18.6 Å². The van der Waals surface area contributed by atoms with Crippen molar-refractivity contribution in [3.05, 3.63) is 84.2 Å². The third-order valence-corrected chi connectivity index (χ3v) is 5.29. The van der Waals surface area contributed by atoms with Gasteiger partial charge in [0.15, 0.2) is 0 Å². The predicted octanol–water partition coefficient (Wildman–Crippen LogP) is 4.07. The quantitative estimate of drug-likeness (QED) is 0.320. The molecule has 37 heavy (non-hydrogen) atoms. The number of ether oxygens (including phenoxy) is 1. The first-order valence-corrected chi connectivity index (χ1v) is 11.2. The lowest BCUT2D eigenvalue weighted by atomic mass is 10.1. The van der Waals surface area contributed by atoms with Crippen LogP contribution in [0.1, 0.15) is 22.3 Å². The number of benzene rings is 2. The Bertz CT molecular complexity index is 1310. The number of carbonyl (C=O) groups is 2. The number of aromatic nitrogens is 3. The zero-order valence-corrected chi connectivity index (χ0v) is 19.8. The molecule has 0 saturated heterocycles. The standard InChI is InChI=1S/C23H22N4O2.C3H3F3O2/c28-15-19(8-6-16-4-2-1-3-5-16)25-23(29)18-7-9-20-21(14-18)27-22(26-20)17-10-12-24-13-11-17;1-8-2(7)3(4,5)6/h1-5,7,9-14,19,28H,6,8,15H2,(H,25,29)(H,26,27);1H3/t19-;/m0./s1. The normalized spacial score (nSPS) is 11.8. The first-order chi connectivity index (χ1) is 17.7. The van der Waals surface area contributed by atoms with Gasteiger partial charge in [-0.05, 0) is 48.7 Å². The number of nitrogens with one attached hydrogen (secondary N) is 2. The van der Waals surface area contributed by atoms with Crippen LogP contribution in [0.4, 0.5) is 13.2 Å². The molecule has 3 N–H and O–H groups in total. The van der Waals surface area contributed by atoms with Crippen molar-refractivity contribution in [2.45, 2.75) is 25.1 Å². The van der Waals surface area contributed by atoms with Gasteiger partial charge in [0.05, 0.1) is 30.8 Å². The molecule has 4 aromatic rings. The second kappa shape index (κ2) is 12.6. The zero-order valence-electron chi connectivity index (χ0n) is 19.8. The highest BCUT2D eigenvalue weighted by molar-refractivity contribution is 5.97. The van der Waals surface area contributed by atoms with Gasteiger partial charge in [0, 0.05) is 23.5 Å². The first-order valence-electron chi connectivity index (χ1n) is 11.2. The summed E-state index contributed by atoms with van der Waals surface area (Å²) in [6, 6.07) is 18.9. The number of imidazole rings is 1. The van der Waals surface area contributed by atoms with Crippen LogP contribution >= 0.6 is 0 Å². The van der Waals surface area contributed by atoms with Crippen LogP contribution < -0.4 is 5.32 Å². The Balaban J connectivity index is 0.000000414. The maximum atomic E-state index is 12.7. The lowest BCUT2D eigenvalue weighted by molar-refractivity contribution is -0.196. The number of aromatic amines is 1. The van der Waals surface area contributed by atoms with E-state index in [1.807, 2.05) is 48.5 Å². The summed E-state index contributed by atoms with van der Waals surface area (Å²) in [6.07, 6.45) is 0.0401. The molecule has 0 spiro atoms. The predicted molar refractivity (Wildman–Crippen MR) is 130 cm³/mol. The van der Waals surface area contributed by atoms with E-state index in [0.29, 0.717) is 19.1 Å². The van der Waals surface area contributed by atoms with E-state index in [4.69, 9.17) is 0 Å². The van der Waals surface area contributed by atoms with Crippen molar-refractivity contribution >= 4 is 22.9 Å². The molecule has 0 fully saturated rings. The number of halogens is 3. The van der Waals surface area contributed by atoms with Gasteiger partial charge >= 0.3 is 12.1 Å². The maximum absolute atomic E-state index is 12.7. The van der Waals surface area contributed by atoms with Gasteiger partial charge in [0.25, 0.3) is 5.91 Å². The van der Waals surface area contributed by atoms with Crippen LogP contribution in [0.25, 0.3) is 22.4 Å². The fourth-order valence-corrected chi connectivity index (χ4v) is 3.38. The van der Waals surface area contributed by atoms with E-state index in [1.165, 1.54) is 5.56 Å². The second-order valence-electron chi connectivity index (χ2n) is 7.92. The number of H-pyrrole nitrogens is 1. The van der Waals surface area contributed by atoms with Crippen molar-refractivity contribution in [1.82, 2.24) is 20.3 Å². The van der Waals surface area contributed by atoms with Crippen molar-refractivity contribution in [3.8, 4) is 11.4 Å². The number of nitrogens with zero attached hydrogens (tertiary/aromatic N) is 2. The Morgan fingerprint density at radius 3 is 2.38 bits per heavy atom. The molecular weight excluding hydrogens is 489 g/mol. The lowest BCUT2D eigenvalue weighted by Crippen LogP contribution is -2.37. The molecule has 11 heteroatoms. The van der Waals surface area contributed by atoms with Crippen molar-refractivity contribution in [3.63, 3.8) is 0 Å². The number of aliphatic hydroxyl groups excluding tert-OH is 1. The van der Waals surface area contributed by atoms with Gasteiger partial charge in [-0.3, -0.25) is 9.78 Å². The highest BCUT2D eigenvalue weighted by Gasteiger charge is 2.40. The number of fused-ring (bicyclic) bond motifs is 1. The van der Waals surface area contributed by atoms with Gasteiger partial charge in [-0.2, -0.15) is 13.2 Å². The largest absolute Gasteiger partial charge is 0.490 e. The Kier molecular flexibility index (Phi) is 9.33. The minimum atomic E-state index is -4.85. The van der Waals surface area contributed by atoms with Gasteiger partial charge in [-0.15, -0.1) is 0 Å². The smallest absolute Gasteiger partial charge is 0.462 e. The molecule has 0 radical (unpaired) electrons. The molecular formula is C26H25F3N4O4. The van der Waals surface area contributed by atoms with Crippen LogP contribution in [-0.2, 0) is 16.0 Å². The average molecular weight is 515 g/mol. The van der Waals surface area contributed by atoms with E-state index in [0.717, 1.165) is 28.8 Å². The number of carbonyl (C=O) groups excluding carboxylic acids is 2. The summed E-state index contributed by atoms with van der Waals surface area (Å²) in [5, 5.41) is 12.6. The number of aryl methyl sites for hydroxylation is 1. The number of alkyl halides is 3. The molecule has 0 aliphatic carbocycles. The minimum Gasteiger partial charge on any atom is -0.462 e. The van der Waals surface area contributed by atoms with Crippen LogP contribution in [-0.4, -0.2) is 57.9 Å². The maximum Gasteiger partial charge on any atom is 0.490 e. The molecule has 0 unspecified atom stereocenters. The Morgan fingerprint density at radius 1 is 1.08 bits per heavy atom. The van der Waals surface area contributed by atoms with E-state index >= 15 is 0 Å². The molecule has 8 nitrogen and oxygen atoms in total. The molecule has 4 rings (SSSR count). The second-order valence-corrected chi connectivity index (χ2v) is 7.92. The molecule has 0 bridgehead atoms. The minimum absolute atomic E-state index is 0.100. The molecule has 194 valence electrons. The number of pyridine rings is 1. The molecule has 1 amide bonds. The zero-order chi connectivity index (χ0) is 26.8. The molecule has 0 aliphatic heterocycles.